The van der Waals surface area contributed by atoms with Crippen molar-refractivity contribution in [1.29, 1.82) is 0 Å². The molecule has 2 aromatic rings. The van der Waals surface area contributed by atoms with Crippen LogP contribution in [0.3, 0.4) is 0 Å². The summed E-state index contributed by atoms with van der Waals surface area (Å²) in [5.41, 5.74) is 1.14. The van der Waals surface area contributed by atoms with Crippen molar-refractivity contribution < 1.29 is 31.6 Å². The minimum absolute atomic E-state index is 0.171. The maximum absolute atomic E-state index is 10.3. The molecular weight excluding hydrogens is 404 g/mol. The number of ether oxygens (including phenoxy) is 2. The SMILES string of the molecule is COc1cc(OC)c(O)c(Pc2ccccc2N(C)C)c1.[Cl][Ti][Cl]. The van der Waals surface area contributed by atoms with E-state index in [9.17, 15) is 5.11 Å². The number of para-hydroxylation sites is 1. The van der Waals surface area contributed by atoms with Gasteiger partial charge in [-0.05, 0) is 12.1 Å². The molecule has 0 aliphatic carbocycles. The van der Waals surface area contributed by atoms with Gasteiger partial charge >= 0.3 is 35.6 Å². The average molecular weight is 424 g/mol. The van der Waals surface area contributed by atoms with Crippen molar-refractivity contribution in [3.8, 4) is 17.2 Å². The molecule has 2 rings (SSSR count). The second kappa shape index (κ2) is 11.1. The van der Waals surface area contributed by atoms with Crippen LogP contribution in [0.5, 0.6) is 17.2 Å². The Balaban J connectivity index is 0.000000891. The van der Waals surface area contributed by atoms with Crippen LogP contribution in [0, 0.1) is 0 Å². The molecule has 24 heavy (non-hydrogen) atoms. The summed E-state index contributed by atoms with van der Waals surface area (Å²) in [6.07, 6.45) is 0. The number of phenolic OH excluding ortho intramolecular Hbond substituents is 1. The van der Waals surface area contributed by atoms with Crippen molar-refractivity contribution in [2.75, 3.05) is 33.2 Å². The third-order valence-corrected chi connectivity index (χ3v) is 4.50. The molecule has 1 atom stereocenters. The molecule has 4 nitrogen and oxygen atoms in total. The number of nitrogens with zero attached hydrogens (tertiary/aromatic N) is 1. The van der Waals surface area contributed by atoms with Crippen LogP contribution in [0.25, 0.3) is 0 Å². The molecule has 0 bridgehead atoms. The normalized spacial score (nSPS) is 10.1. The summed E-state index contributed by atoms with van der Waals surface area (Å²) in [6, 6.07) is 11.7. The molecule has 2 aromatic carbocycles. The van der Waals surface area contributed by atoms with Crippen LogP contribution >= 0.6 is 27.2 Å². The fraction of sp³-hybridized carbons (Fsp3) is 0.250. The molecule has 1 N–H and O–H groups in total. The number of hydrogen-bond donors (Lipinski definition) is 1. The van der Waals surface area contributed by atoms with Crippen molar-refractivity contribution in [2.24, 2.45) is 0 Å². The number of aromatic hydroxyl groups is 1. The van der Waals surface area contributed by atoms with Crippen molar-refractivity contribution in [3.05, 3.63) is 36.4 Å². The van der Waals surface area contributed by atoms with Crippen molar-refractivity contribution >= 4 is 43.5 Å². The van der Waals surface area contributed by atoms with E-state index in [-0.39, 0.29) is 5.75 Å². The standard InChI is InChI=1S/C16H20NO3P.2ClH.Ti/c1-17(2)12-7-5-6-8-14(12)21-15-10-11(19-3)9-13(20-4)16(15)18;;;/h5-10,18,21H,1-4H3;2*1H;/q;;;+2/p-2. The van der Waals surface area contributed by atoms with Crippen LogP contribution in [0.15, 0.2) is 36.4 Å². The van der Waals surface area contributed by atoms with Crippen molar-refractivity contribution in [2.45, 2.75) is 0 Å². The first kappa shape index (κ1) is 21.4. The summed E-state index contributed by atoms with van der Waals surface area (Å²) in [6.45, 7) is 0. The van der Waals surface area contributed by atoms with Gasteiger partial charge < -0.3 is 19.5 Å². The Hall–Kier alpha value is -0.636. The number of halogens is 2. The van der Waals surface area contributed by atoms with E-state index in [1.54, 1.807) is 13.2 Å². The first-order valence-electron chi connectivity index (χ1n) is 6.93. The van der Waals surface area contributed by atoms with Gasteiger partial charge in [-0.3, -0.25) is 0 Å². The molecule has 0 fully saturated rings. The molecule has 1 unspecified atom stereocenters. The number of rotatable bonds is 5. The molecule has 0 saturated carbocycles. The van der Waals surface area contributed by atoms with E-state index >= 15 is 0 Å². The van der Waals surface area contributed by atoms with Gasteiger partial charge in [0.25, 0.3) is 0 Å². The van der Waals surface area contributed by atoms with E-state index in [2.05, 4.69) is 17.0 Å². The molecule has 8 heteroatoms. The van der Waals surface area contributed by atoms with Crippen LogP contribution in [-0.2, 0) is 17.0 Å². The van der Waals surface area contributed by atoms with Gasteiger partial charge in [0.2, 0.25) is 0 Å². The molecule has 0 amide bonds. The van der Waals surface area contributed by atoms with Crippen LogP contribution in [0.4, 0.5) is 5.69 Å². The van der Waals surface area contributed by atoms with Gasteiger partial charge in [0.15, 0.2) is 11.5 Å². The van der Waals surface area contributed by atoms with Gasteiger partial charge in [-0.1, -0.05) is 26.8 Å². The first-order chi connectivity index (χ1) is 11.5. The fourth-order valence-electron chi connectivity index (χ4n) is 2.07. The zero-order valence-electron chi connectivity index (χ0n) is 13.9. The van der Waals surface area contributed by atoms with E-state index < -0.39 is 17.0 Å². The van der Waals surface area contributed by atoms with E-state index in [0.29, 0.717) is 20.1 Å². The van der Waals surface area contributed by atoms with Gasteiger partial charge in [0.1, 0.15) is 5.75 Å². The van der Waals surface area contributed by atoms with Crippen LogP contribution in [0.1, 0.15) is 0 Å². The third kappa shape index (κ3) is 6.02. The number of methoxy groups -OCH3 is 2. The van der Waals surface area contributed by atoms with E-state index in [0.717, 1.165) is 16.3 Å². The summed E-state index contributed by atoms with van der Waals surface area (Å²) in [5.74, 6) is 1.28. The fourth-order valence-corrected chi connectivity index (χ4v) is 3.43. The number of hydrogen-bond acceptors (Lipinski definition) is 4. The minimum atomic E-state index is -0.556. The zero-order chi connectivity index (χ0) is 18.1. The van der Waals surface area contributed by atoms with E-state index in [1.165, 1.54) is 7.11 Å². The van der Waals surface area contributed by atoms with Gasteiger partial charge in [-0.15, -0.1) is 0 Å². The summed E-state index contributed by atoms with van der Waals surface area (Å²) in [4.78, 5) is 2.07. The van der Waals surface area contributed by atoms with Gasteiger partial charge in [-0.2, -0.15) is 0 Å². The van der Waals surface area contributed by atoms with Crippen molar-refractivity contribution in [3.63, 3.8) is 0 Å². The molecule has 0 radical (unpaired) electrons. The maximum atomic E-state index is 10.3. The molecule has 0 aromatic heterocycles. The Morgan fingerprint density at radius 2 is 1.67 bits per heavy atom. The Morgan fingerprint density at radius 3 is 2.21 bits per heavy atom. The van der Waals surface area contributed by atoms with Gasteiger partial charge in [-0.25, -0.2) is 0 Å². The Kier molecular flexibility index (Phi) is 9.88. The first-order valence-corrected chi connectivity index (χ1v) is 12.2. The van der Waals surface area contributed by atoms with Crippen LogP contribution in [-0.4, -0.2) is 33.4 Å². The molecule has 130 valence electrons. The van der Waals surface area contributed by atoms with Crippen molar-refractivity contribution in [1.82, 2.24) is 0 Å². The second-order valence-electron chi connectivity index (χ2n) is 4.83. The predicted octanol–water partition coefficient (Wildman–Crippen LogP) is 3.48. The molecule has 0 heterocycles. The van der Waals surface area contributed by atoms with Gasteiger partial charge in [0.05, 0.1) is 14.2 Å². The van der Waals surface area contributed by atoms with Gasteiger partial charge in [0, 0.05) is 36.5 Å². The van der Waals surface area contributed by atoms with Crippen LogP contribution < -0.4 is 25.0 Å². The Labute approximate surface area is 161 Å². The molecule has 0 spiro atoms. The summed E-state index contributed by atoms with van der Waals surface area (Å²) in [7, 11) is 17.3. The Bertz CT molecular complexity index is 659. The Morgan fingerprint density at radius 1 is 1.04 bits per heavy atom. The van der Waals surface area contributed by atoms with Crippen LogP contribution in [0.2, 0.25) is 0 Å². The number of phenols is 1. The van der Waals surface area contributed by atoms with E-state index in [4.69, 9.17) is 28.1 Å². The molecular formula is C16H20Cl2NO3PTi. The molecule has 0 aliphatic heterocycles. The second-order valence-corrected chi connectivity index (χ2v) is 8.74. The summed E-state index contributed by atoms with van der Waals surface area (Å²) < 4.78 is 10.5. The zero-order valence-corrected chi connectivity index (χ0v) is 18.0. The number of benzene rings is 2. The average Bonchev–Trinajstić information content (AvgIpc) is 2.57. The van der Waals surface area contributed by atoms with E-state index in [1.807, 2.05) is 32.3 Å². The molecule has 0 aliphatic rings. The quantitative estimate of drug-likeness (QED) is 0.590. The summed E-state index contributed by atoms with van der Waals surface area (Å²) >= 11 is -0.556. The monoisotopic (exact) mass is 423 g/mol. The summed E-state index contributed by atoms with van der Waals surface area (Å²) in [5, 5.41) is 12.3. The molecule has 0 saturated heterocycles. The third-order valence-electron chi connectivity index (χ3n) is 3.16. The predicted molar refractivity (Wildman–Crippen MR) is 101 cm³/mol. The topological polar surface area (TPSA) is 41.9 Å². The number of anilines is 1.